The smallest absolute Gasteiger partial charge is 0.329 e. The zero-order chi connectivity index (χ0) is 13.3. The maximum atomic E-state index is 12.4. The average molecular weight is 272 g/mol. The van der Waals surface area contributed by atoms with E-state index in [9.17, 15) is 14.7 Å². The quantitative estimate of drug-likeness (QED) is 0.785. The van der Waals surface area contributed by atoms with Gasteiger partial charge in [0.1, 0.15) is 5.54 Å². The number of carbonyl (C=O) groups excluding carboxylic acids is 1. The molecule has 0 aromatic carbocycles. The van der Waals surface area contributed by atoms with Gasteiger partial charge in [0.05, 0.1) is 0 Å². The molecule has 2 aliphatic heterocycles. The van der Waals surface area contributed by atoms with Gasteiger partial charge in [-0.15, -0.1) is 0 Å². The molecule has 2 amide bonds. The molecule has 2 aliphatic rings. The van der Waals surface area contributed by atoms with E-state index in [1.54, 1.807) is 11.8 Å². The van der Waals surface area contributed by atoms with E-state index in [0.29, 0.717) is 18.2 Å². The first-order valence-corrected chi connectivity index (χ1v) is 7.41. The van der Waals surface area contributed by atoms with Crippen molar-refractivity contribution in [2.45, 2.75) is 37.5 Å². The Labute approximate surface area is 112 Å². The molecule has 0 bridgehead atoms. The summed E-state index contributed by atoms with van der Waals surface area (Å²) in [7, 11) is 0. The van der Waals surface area contributed by atoms with Crippen LogP contribution in [0, 0.1) is 0 Å². The molecule has 5 nitrogen and oxygen atoms in total. The minimum absolute atomic E-state index is 0.107. The molecule has 2 rings (SSSR count). The van der Waals surface area contributed by atoms with Gasteiger partial charge in [-0.3, -0.25) is 0 Å². The summed E-state index contributed by atoms with van der Waals surface area (Å²) in [6.07, 6.45) is 1.32. The van der Waals surface area contributed by atoms with Gasteiger partial charge in [-0.1, -0.05) is 6.92 Å². The van der Waals surface area contributed by atoms with E-state index in [4.69, 9.17) is 0 Å². The Morgan fingerprint density at radius 1 is 1.39 bits per heavy atom. The molecule has 0 saturated carbocycles. The number of nitrogens with zero attached hydrogens (tertiary/aromatic N) is 2. The maximum Gasteiger partial charge on any atom is 0.329 e. The van der Waals surface area contributed by atoms with Gasteiger partial charge in [0, 0.05) is 30.6 Å². The molecule has 18 heavy (non-hydrogen) atoms. The number of amides is 2. The van der Waals surface area contributed by atoms with E-state index in [1.807, 2.05) is 11.8 Å². The van der Waals surface area contributed by atoms with Crippen LogP contribution >= 0.6 is 11.8 Å². The van der Waals surface area contributed by atoms with E-state index in [0.717, 1.165) is 25.3 Å². The van der Waals surface area contributed by atoms with Crippen LogP contribution in [-0.4, -0.2) is 63.1 Å². The summed E-state index contributed by atoms with van der Waals surface area (Å²) in [6, 6.07) is -0.107. The molecule has 0 radical (unpaired) electrons. The van der Waals surface area contributed by atoms with Crippen LogP contribution in [-0.2, 0) is 4.79 Å². The number of urea groups is 1. The van der Waals surface area contributed by atoms with Crippen molar-refractivity contribution in [2.75, 3.05) is 25.4 Å². The molecule has 1 N–H and O–H groups in total. The van der Waals surface area contributed by atoms with Gasteiger partial charge in [0.25, 0.3) is 0 Å². The summed E-state index contributed by atoms with van der Waals surface area (Å²) in [5, 5.41) is 9.76. The first-order valence-electron chi connectivity index (χ1n) is 6.36. The van der Waals surface area contributed by atoms with Crippen LogP contribution in [0.2, 0.25) is 0 Å². The summed E-state index contributed by atoms with van der Waals surface area (Å²) < 4.78 is 0. The predicted molar refractivity (Wildman–Crippen MR) is 70.9 cm³/mol. The van der Waals surface area contributed by atoms with Crippen LogP contribution in [0.1, 0.15) is 26.7 Å². The van der Waals surface area contributed by atoms with E-state index in [-0.39, 0.29) is 6.03 Å². The third kappa shape index (κ3) is 2.30. The van der Waals surface area contributed by atoms with Gasteiger partial charge in [-0.05, 0) is 19.8 Å². The number of hydrogen-bond acceptors (Lipinski definition) is 3. The Balaban J connectivity index is 2.10. The molecule has 6 heteroatoms. The lowest BCUT2D eigenvalue weighted by Crippen LogP contribution is -2.56. The molecule has 2 atom stereocenters. The number of carbonyl (C=O) groups is 2. The molecule has 2 fully saturated rings. The van der Waals surface area contributed by atoms with Crippen LogP contribution < -0.4 is 0 Å². The van der Waals surface area contributed by atoms with Gasteiger partial charge < -0.3 is 14.9 Å². The molecule has 102 valence electrons. The van der Waals surface area contributed by atoms with Crippen molar-refractivity contribution >= 4 is 23.8 Å². The monoisotopic (exact) mass is 272 g/mol. The average Bonchev–Trinajstić information content (AvgIpc) is 2.72. The summed E-state index contributed by atoms with van der Waals surface area (Å²) in [4.78, 5) is 27.2. The first-order chi connectivity index (χ1) is 8.45. The van der Waals surface area contributed by atoms with Crippen molar-refractivity contribution in [3.05, 3.63) is 0 Å². The lowest BCUT2D eigenvalue weighted by Gasteiger charge is -2.38. The molecule has 2 heterocycles. The second kappa shape index (κ2) is 4.99. The van der Waals surface area contributed by atoms with Crippen LogP contribution in [0.5, 0.6) is 0 Å². The van der Waals surface area contributed by atoms with Crippen LogP contribution in [0.4, 0.5) is 4.79 Å². The zero-order valence-electron chi connectivity index (χ0n) is 10.9. The Hall–Kier alpha value is -0.910. The van der Waals surface area contributed by atoms with E-state index in [2.05, 4.69) is 6.92 Å². The standard InChI is InChI=1S/C12H20N2O3S/c1-9-8-13(6-7-18-9)11(17)14-5-3-4-12(14,2)10(15)16/h9H,3-8H2,1-2H3,(H,15,16). The maximum absolute atomic E-state index is 12.4. The van der Waals surface area contributed by atoms with Crippen LogP contribution in [0.25, 0.3) is 0 Å². The Kier molecular flexibility index (Phi) is 3.75. The molecule has 0 aromatic rings. The number of rotatable bonds is 1. The number of hydrogen-bond donors (Lipinski definition) is 1. The second-order valence-corrected chi connectivity index (χ2v) is 6.79. The first kappa shape index (κ1) is 13.5. The predicted octanol–water partition coefficient (Wildman–Crippen LogP) is 1.48. The summed E-state index contributed by atoms with van der Waals surface area (Å²) in [6.45, 7) is 5.75. The highest BCUT2D eigenvalue weighted by atomic mass is 32.2. The number of thioether (sulfide) groups is 1. The minimum atomic E-state index is -1.02. The highest BCUT2D eigenvalue weighted by Crippen LogP contribution is 2.31. The Morgan fingerprint density at radius 3 is 2.72 bits per heavy atom. The van der Waals surface area contributed by atoms with E-state index < -0.39 is 11.5 Å². The van der Waals surface area contributed by atoms with Crippen molar-refractivity contribution < 1.29 is 14.7 Å². The number of likely N-dealkylation sites (tertiary alicyclic amines) is 1. The molecular weight excluding hydrogens is 252 g/mol. The normalized spacial score (nSPS) is 32.7. The van der Waals surface area contributed by atoms with Crippen molar-refractivity contribution in [1.82, 2.24) is 9.80 Å². The highest BCUT2D eigenvalue weighted by Gasteiger charge is 2.47. The third-order valence-corrected chi connectivity index (χ3v) is 4.98. The van der Waals surface area contributed by atoms with E-state index >= 15 is 0 Å². The van der Waals surface area contributed by atoms with Gasteiger partial charge in [-0.25, -0.2) is 9.59 Å². The van der Waals surface area contributed by atoms with Gasteiger partial charge >= 0.3 is 12.0 Å². The Bertz CT molecular complexity index is 363. The highest BCUT2D eigenvalue weighted by molar-refractivity contribution is 7.99. The van der Waals surface area contributed by atoms with Crippen molar-refractivity contribution in [3.63, 3.8) is 0 Å². The van der Waals surface area contributed by atoms with E-state index in [1.165, 1.54) is 4.90 Å². The summed E-state index contributed by atoms with van der Waals surface area (Å²) in [5.74, 6) is 0.0395. The molecule has 2 unspecified atom stereocenters. The largest absolute Gasteiger partial charge is 0.480 e. The SMILES string of the molecule is CC1CN(C(=O)N2CCCC2(C)C(=O)O)CCS1. The van der Waals surface area contributed by atoms with Crippen molar-refractivity contribution in [1.29, 1.82) is 0 Å². The van der Waals surface area contributed by atoms with Gasteiger partial charge in [0.2, 0.25) is 0 Å². The third-order valence-electron chi connectivity index (χ3n) is 3.84. The van der Waals surface area contributed by atoms with Gasteiger partial charge in [0.15, 0.2) is 0 Å². The zero-order valence-corrected chi connectivity index (χ0v) is 11.7. The Morgan fingerprint density at radius 2 is 2.11 bits per heavy atom. The molecular formula is C12H20N2O3S. The topological polar surface area (TPSA) is 60.9 Å². The van der Waals surface area contributed by atoms with Crippen LogP contribution in [0.3, 0.4) is 0 Å². The fraction of sp³-hybridized carbons (Fsp3) is 0.833. The van der Waals surface area contributed by atoms with Crippen molar-refractivity contribution in [3.8, 4) is 0 Å². The molecule has 0 spiro atoms. The fourth-order valence-corrected chi connectivity index (χ4v) is 3.67. The lowest BCUT2D eigenvalue weighted by molar-refractivity contribution is -0.147. The van der Waals surface area contributed by atoms with Gasteiger partial charge in [-0.2, -0.15) is 11.8 Å². The van der Waals surface area contributed by atoms with Crippen molar-refractivity contribution in [2.24, 2.45) is 0 Å². The lowest BCUT2D eigenvalue weighted by atomic mass is 10.00. The van der Waals surface area contributed by atoms with Crippen LogP contribution in [0.15, 0.2) is 0 Å². The summed E-state index contributed by atoms with van der Waals surface area (Å²) >= 11 is 1.86. The molecule has 0 aromatic heterocycles. The molecule has 0 aliphatic carbocycles. The molecule has 2 saturated heterocycles. The minimum Gasteiger partial charge on any atom is -0.480 e. The second-order valence-electron chi connectivity index (χ2n) is 5.24. The summed E-state index contributed by atoms with van der Waals surface area (Å²) in [5.41, 5.74) is -1.02. The number of carboxylic acid groups (broad SMARTS) is 1. The number of carboxylic acids is 1. The fourth-order valence-electron chi connectivity index (χ4n) is 2.66. The number of aliphatic carboxylic acids is 1.